The minimum Gasteiger partial charge on any atom is -0.550 e. The van der Waals surface area contributed by atoms with Gasteiger partial charge in [-0.05, 0) is 38.5 Å². The fraction of sp³-hybridized carbons (Fsp3) is 0.909. The average molecular weight is 697 g/mol. The smallest absolute Gasteiger partial charge is 0.550 e. The number of carboxylic acid groups (broad SMARTS) is 3. The summed E-state index contributed by atoms with van der Waals surface area (Å²) in [5.74, 6) is -2.73. The molecule has 0 aromatic carbocycles. The fourth-order valence-corrected chi connectivity index (χ4v) is 4.21. The third-order valence-electron chi connectivity index (χ3n) is 6.70. The van der Waals surface area contributed by atoms with Crippen LogP contribution in [0.5, 0.6) is 0 Å². The molecule has 0 amide bonds. The maximum atomic E-state index is 10.1. The van der Waals surface area contributed by atoms with Gasteiger partial charge >= 0.3 is 41.3 Å². The summed E-state index contributed by atoms with van der Waals surface area (Å²) in [5.41, 5.74) is 0. The van der Waals surface area contributed by atoms with E-state index in [-0.39, 0.29) is 60.6 Å². The SMILES string of the molecule is CCCCCCCCCCC(=O)[O-].CCCCCCCCCCC(=O)[O-].CCCCCCCCCCC(=O)[O-].[Pr+3]. The first-order chi connectivity index (χ1) is 18.8. The van der Waals surface area contributed by atoms with Crippen molar-refractivity contribution in [3.8, 4) is 0 Å². The van der Waals surface area contributed by atoms with Gasteiger partial charge < -0.3 is 29.7 Å². The van der Waals surface area contributed by atoms with Crippen LogP contribution in [-0.2, 0) is 14.4 Å². The third-order valence-corrected chi connectivity index (χ3v) is 6.70. The van der Waals surface area contributed by atoms with Crippen molar-refractivity contribution in [2.24, 2.45) is 0 Å². The zero-order valence-electron chi connectivity index (χ0n) is 26.6. The van der Waals surface area contributed by atoms with Gasteiger partial charge in [0.1, 0.15) is 0 Å². The largest absolute Gasteiger partial charge is 3.00 e. The summed E-state index contributed by atoms with van der Waals surface area (Å²) in [7, 11) is 0. The monoisotopic (exact) mass is 696 g/mol. The Morgan fingerprint density at radius 3 is 0.625 bits per heavy atom. The maximum Gasteiger partial charge on any atom is 3.00 e. The molecule has 0 saturated heterocycles. The van der Waals surface area contributed by atoms with Crippen LogP contribution in [0, 0.1) is 41.3 Å². The van der Waals surface area contributed by atoms with Crippen molar-refractivity contribution in [2.75, 3.05) is 0 Å². The first-order valence-corrected chi connectivity index (χ1v) is 16.4. The third kappa shape index (κ3) is 57.6. The van der Waals surface area contributed by atoms with Crippen molar-refractivity contribution in [3.05, 3.63) is 0 Å². The average Bonchev–Trinajstić information content (AvgIpc) is 2.89. The molecule has 0 aliphatic rings. The molecule has 0 saturated carbocycles. The molecule has 0 aromatic heterocycles. The summed E-state index contributed by atoms with van der Waals surface area (Å²) in [5, 5.41) is 30.2. The second-order valence-electron chi connectivity index (χ2n) is 10.8. The molecule has 0 spiro atoms. The summed E-state index contributed by atoms with van der Waals surface area (Å²) in [6.45, 7) is 6.62. The summed E-state index contributed by atoms with van der Waals surface area (Å²) in [6.07, 6.45) is 29.2. The van der Waals surface area contributed by atoms with E-state index in [0.29, 0.717) is 0 Å². The van der Waals surface area contributed by atoms with E-state index in [4.69, 9.17) is 0 Å². The molecule has 0 unspecified atom stereocenters. The van der Waals surface area contributed by atoms with Crippen LogP contribution in [0.2, 0.25) is 0 Å². The molecule has 6 nitrogen and oxygen atoms in total. The van der Waals surface area contributed by atoms with Crippen LogP contribution in [0.15, 0.2) is 0 Å². The maximum absolute atomic E-state index is 10.1. The summed E-state index contributed by atoms with van der Waals surface area (Å²) < 4.78 is 0. The zero-order valence-corrected chi connectivity index (χ0v) is 30.3. The van der Waals surface area contributed by atoms with Gasteiger partial charge in [-0.15, -0.1) is 0 Å². The van der Waals surface area contributed by atoms with Gasteiger partial charge in [0.25, 0.3) is 0 Å². The molecule has 0 fully saturated rings. The fourth-order valence-electron chi connectivity index (χ4n) is 4.21. The van der Waals surface area contributed by atoms with E-state index in [9.17, 15) is 29.7 Å². The number of unbranched alkanes of at least 4 members (excludes halogenated alkanes) is 21. The van der Waals surface area contributed by atoms with Crippen LogP contribution in [0.4, 0.5) is 0 Å². The molecule has 0 atom stereocenters. The predicted molar refractivity (Wildman–Crippen MR) is 157 cm³/mol. The standard InChI is InChI=1S/3C11H22O2.Pr/c3*1-2-3-4-5-6-7-8-9-10-11(12)13;/h3*2-10H2,1H3,(H,12,13);/q;;;+3/p-3. The van der Waals surface area contributed by atoms with Crippen molar-refractivity contribution in [1.29, 1.82) is 0 Å². The van der Waals surface area contributed by atoms with E-state index >= 15 is 0 Å². The van der Waals surface area contributed by atoms with Crippen molar-refractivity contribution in [3.63, 3.8) is 0 Å². The first-order valence-electron chi connectivity index (χ1n) is 16.4. The van der Waals surface area contributed by atoms with E-state index in [2.05, 4.69) is 20.8 Å². The minimum atomic E-state index is -0.911. The molecule has 0 bridgehead atoms. The van der Waals surface area contributed by atoms with Crippen LogP contribution in [0.1, 0.15) is 194 Å². The van der Waals surface area contributed by atoms with Gasteiger partial charge in [-0.1, -0.05) is 156 Å². The minimum absolute atomic E-state index is 0. The van der Waals surface area contributed by atoms with Crippen molar-refractivity contribution in [2.45, 2.75) is 194 Å². The molecule has 40 heavy (non-hydrogen) atoms. The van der Waals surface area contributed by atoms with Crippen molar-refractivity contribution in [1.82, 2.24) is 0 Å². The van der Waals surface area contributed by atoms with Crippen LogP contribution >= 0.6 is 0 Å². The number of hydrogen-bond acceptors (Lipinski definition) is 6. The first kappa shape index (κ1) is 46.7. The normalized spacial score (nSPS) is 9.97. The Balaban J connectivity index is -0.000000240. The molecular weight excluding hydrogens is 633 g/mol. The van der Waals surface area contributed by atoms with Gasteiger partial charge in [-0.2, -0.15) is 0 Å². The molecule has 0 aliphatic heterocycles. The van der Waals surface area contributed by atoms with E-state index in [0.717, 1.165) is 38.5 Å². The molecule has 0 rings (SSSR count). The van der Waals surface area contributed by atoms with Crippen LogP contribution < -0.4 is 15.3 Å². The molecule has 7 heteroatoms. The van der Waals surface area contributed by atoms with Crippen LogP contribution in [0.25, 0.3) is 0 Å². The molecule has 0 heterocycles. The molecule has 234 valence electrons. The Kier molecular flexibility index (Phi) is 50.5. The number of carboxylic acids is 3. The number of carbonyl (C=O) groups is 3. The zero-order chi connectivity index (χ0) is 29.8. The summed E-state index contributed by atoms with van der Waals surface area (Å²) >= 11 is 0. The second kappa shape index (κ2) is 43.2. The number of aliphatic carboxylic acids is 3. The van der Waals surface area contributed by atoms with Gasteiger partial charge in [0, 0.05) is 17.9 Å². The Hall–Kier alpha value is -0.226. The summed E-state index contributed by atoms with van der Waals surface area (Å²) in [4.78, 5) is 30.2. The number of carbonyl (C=O) groups excluding carboxylic acids is 3. The van der Waals surface area contributed by atoms with Gasteiger partial charge in [0.15, 0.2) is 0 Å². The van der Waals surface area contributed by atoms with E-state index < -0.39 is 17.9 Å². The molecule has 0 aromatic rings. The van der Waals surface area contributed by atoms with Gasteiger partial charge in [0.05, 0.1) is 0 Å². The Labute approximate surface area is 281 Å². The Bertz CT molecular complexity index is 442. The van der Waals surface area contributed by atoms with Gasteiger partial charge in [0.2, 0.25) is 0 Å². The van der Waals surface area contributed by atoms with E-state index in [1.54, 1.807) is 0 Å². The predicted octanol–water partition coefficient (Wildman–Crippen LogP) is 6.80. The van der Waals surface area contributed by atoms with Crippen molar-refractivity contribution >= 4 is 17.9 Å². The quantitative estimate of drug-likeness (QED) is 0.0872. The number of rotatable bonds is 27. The Morgan fingerprint density at radius 1 is 0.325 bits per heavy atom. The van der Waals surface area contributed by atoms with E-state index in [1.807, 2.05) is 0 Å². The molecule has 0 aliphatic carbocycles. The van der Waals surface area contributed by atoms with Gasteiger partial charge in [-0.3, -0.25) is 0 Å². The Morgan fingerprint density at radius 2 is 0.475 bits per heavy atom. The summed E-state index contributed by atoms with van der Waals surface area (Å²) in [6, 6.07) is 0. The second-order valence-corrected chi connectivity index (χ2v) is 10.8. The molecule has 0 radical (unpaired) electrons. The number of hydrogen-bond donors (Lipinski definition) is 0. The van der Waals surface area contributed by atoms with E-state index in [1.165, 1.54) is 116 Å². The topological polar surface area (TPSA) is 120 Å². The van der Waals surface area contributed by atoms with Gasteiger partial charge in [-0.25, -0.2) is 0 Å². The van der Waals surface area contributed by atoms with Crippen molar-refractivity contribution < 1.29 is 71.0 Å². The molecular formula is C33H63O6Pr. The molecule has 0 N–H and O–H groups in total. The van der Waals surface area contributed by atoms with Crippen LogP contribution in [-0.4, -0.2) is 17.9 Å². The van der Waals surface area contributed by atoms with Crippen LogP contribution in [0.3, 0.4) is 0 Å².